The first-order valence-corrected chi connectivity index (χ1v) is 9.34. The quantitative estimate of drug-likeness (QED) is 0.541. The Morgan fingerprint density at radius 2 is 1.85 bits per heavy atom. The van der Waals surface area contributed by atoms with Crippen LogP contribution < -0.4 is 0 Å². The molecule has 2 nitrogen and oxygen atoms in total. The van der Waals surface area contributed by atoms with Crippen LogP contribution in [0.3, 0.4) is 0 Å². The Morgan fingerprint density at radius 3 is 2.35 bits per heavy atom. The van der Waals surface area contributed by atoms with Gasteiger partial charge in [0.2, 0.25) is 0 Å². The fourth-order valence-corrected chi connectivity index (χ4v) is 4.00. The van der Waals surface area contributed by atoms with Crippen LogP contribution in [-0.4, -0.2) is 24.8 Å². The highest BCUT2D eigenvalue weighted by Crippen LogP contribution is 2.41. The zero-order valence-corrected chi connectivity index (χ0v) is 16.9. The number of hydrogen-bond donors (Lipinski definition) is 0. The third-order valence-corrected chi connectivity index (χ3v) is 5.40. The van der Waals surface area contributed by atoms with Gasteiger partial charge in [-0.15, -0.1) is 5.92 Å². The van der Waals surface area contributed by atoms with Gasteiger partial charge in [0.25, 0.3) is 0 Å². The molecule has 26 heavy (non-hydrogen) atoms. The lowest BCUT2D eigenvalue weighted by Gasteiger charge is -2.32. The SMILES string of the molecule is C=C1CC(CCC(=C)N(C)C)CC(=O)C1c1c(C)cc(C#CC)cc1C. The Morgan fingerprint density at radius 1 is 1.23 bits per heavy atom. The summed E-state index contributed by atoms with van der Waals surface area (Å²) in [6.45, 7) is 14.4. The van der Waals surface area contributed by atoms with Crippen molar-refractivity contribution >= 4 is 5.78 Å². The molecule has 1 aliphatic rings. The van der Waals surface area contributed by atoms with E-state index in [1.165, 1.54) is 0 Å². The van der Waals surface area contributed by atoms with Crippen molar-refractivity contribution in [2.75, 3.05) is 14.1 Å². The molecule has 0 bridgehead atoms. The topological polar surface area (TPSA) is 20.3 Å². The molecule has 2 unspecified atom stereocenters. The Balaban J connectivity index is 2.18. The van der Waals surface area contributed by atoms with Crippen LogP contribution in [-0.2, 0) is 4.79 Å². The van der Waals surface area contributed by atoms with Gasteiger partial charge in [-0.2, -0.15) is 0 Å². The van der Waals surface area contributed by atoms with Crippen LogP contribution in [0.2, 0.25) is 0 Å². The molecule has 0 amide bonds. The molecular weight excluding hydrogens is 318 g/mol. The summed E-state index contributed by atoms with van der Waals surface area (Å²) < 4.78 is 0. The van der Waals surface area contributed by atoms with E-state index < -0.39 is 0 Å². The molecule has 0 saturated heterocycles. The lowest BCUT2D eigenvalue weighted by molar-refractivity contribution is -0.121. The summed E-state index contributed by atoms with van der Waals surface area (Å²) in [5, 5.41) is 0. The van der Waals surface area contributed by atoms with Gasteiger partial charge in [0.15, 0.2) is 0 Å². The predicted octanol–water partition coefficient (Wildman–Crippen LogP) is 5.15. The summed E-state index contributed by atoms with van der Waals surface area (Å²) in [5.41, 5.74) is 6.60. The maximum atomic E-state index is 13.0. The highest BCUT2D eigenvalue weighted by Gasteiger charge is 2.34. The molecule has 0 aliphatic heterocycles. The first-order chi connectivity index (χ1) is 12.2. The molecule has 2 rings (SSSR count). The van der Waals surface area contributed by atoms with E-state index in [0.717, 1.165) is 52.8 Å². The van der Waals surface area contributed by atoms with Gasteiger partial charge in [-0.05, 0) is 74.8 Å². The fraction of sp³-hybridized carbons (Fsp3) is 0.458. The summed E-state index contributed by atoms with van der Waals surface area (Å²) in [6, 6.07) is 4.18. The molecule has 138 valence electrons. The average molecular weight is 350 g/mol. The van der Waals surface area contributed by atoms with Crippen LogP contribution in [0.1, 0.15) is 60.8 Å². The summed E-state index contributed by atoms with van der Waals surface area (Å²) in [6.07, 6.45) is 3.50. The number of benzene rings is 1. The average Bonchev–Trinajstić information content (AvgIpc) is 2.54. The smallest absolute Gasteiger partial charge is 0.144 e. The number of Topliss-reactive ketones (excluding diaryl/α,β-unsaturated/α-hetero) is 1. The van der Waals surface area contributed by atoms with E-state index in [-0.39, 0.29) is 5.92 Å². The number of carbonyl (C=O) groups excluding carboxylic acids is 1. The van der Waals surface area contributed by atoms with Crippen molar-refractivity contribution in [1.82, 2.24) is 4.90 Å². The number of hydrogen-bond acceptors (Lipinski definition) is 2. The largest absolute Gasteiger partial charge is 0.381 e. The molecule has 1 fully saturated rings. The van der Waals surface area contributed by atoms with E-state index in [0.29, 0.717) is 18.1 Å². The summed E-state index contributed by atoms with van der Waals surface area (Å²) in [4.78, 5) is 15.0. The second-order valence-electron chi connectivity index (χ2n) is 7.73. The Labute approximate surface area is 159 Å². The van der Waals surface area contributed by atoms with Crippen molar-refractivity contribution in [2.45, 2.75) is 52.4 Å². The predicted molar refractivity (Wildman–Crippen MR) is 110 cm³/mol. The van der Waals surface area contributed by atoms with Crippen LogP contribution >= 0.6 is 0 Å². The number of carbonyl (C=O) groups is 1. The maximum Gasteiger partial charge on any atom is 0.144 e. The molecule has 0 heterocycles. The van der Waals surface area contributed by atoms with Crippen LogP contribution in [0.5, 0.6) is 0 Å². The van der Waals surface area contributed by atoms with Gasteiger partial charge in [0, 0.05) is 31.8 Å². The first kappa shape index (κ1) is 20.0. The zero-order valence-electron chi connectivity index (χ0n) is 16.9. The third kappa shape index (κ3) is 4.47. The van der Waals surface area contributed by atoms with Crippen LogP contribution in [0, 0.1) is 31.6 Å². The highest BCUT2D eigenvalue weighted by molar-refractivity contribution is 5.91. The van der Waals surface area contributed by atoms with E-state index in [1.807, 2.05) is 21.0 Å². The van der Waals surface area contributed by atoms with Crippen molar-refractivity contribution in [3.05, 3.63) is 58.8 Å². The van der Waals surface area contributed by atoms with Gasteiger partial charge in [-0.3, -0.25) is 4.79 Å². The van der Waals surface area contributed by atoms with E-state index in [2.05, 4.69) is 55.9 Å². The van der Waals surface area contributed by atoms with E-state index in [9.17, 15) is 4.79 Å². The molecule has 1 aromatic rings. The standard InChI is InChI=1S/C24H31NO/c1-8-9-20-12-16(2)23(17(3)13-20)24-18(4)14-21(15-22(24)26)11-10-19(5)25(6)7/h12-13,21,24H,4-5,10-11,14-15H2,1-3,6-7H3. The summed E-state index contributed by atoms with van der Waals surface area (Å²) in [5.74, 6) is 6.59. The molecular formula is C24H31NO. The van der Waals surface area contributed by atoms with E-state index in [4.69, 9.17) is 0 Å². The monoisotopic (exact) mass is 349 g/mol. The lowest BCUT2D eigenvalue weighted by Crippen LogP contribution is -2.27. The number of allylic oxidation sites excluding steroid dienone is 2. The lowest BCUT2D eigenvalue weighted by atomic mass is 9.71. The van der Waals surface area contributed by atoms with Crippen LogP contribution in [0.25, 0.3) is 0 Å². The van der Waals surface area contributed by atoms with Gasteiger partial charge < -0.3 is 4.90 Å². The van der Waals surface area contributed by atoms with Gasteiger partial charge in [0.05, 0.1) is 5.92 Å². The Bertz CT molecular complexity index is 747. The summed E-state index contributed by atoms with van der Waals surface area (Å²) >= 11 is 0. The molecule has 0 radical (unpaired) electrons. The van der Waals surface area contributed by atoms with Crippen molar-refractivity contribution in [3.63, 3.8) is 0 Å². The Hall–Kier alpha value is -2.27. The van der Waals surface area contributed by atoms with Gasteiger partial charge >= 0.3 is 0 Å². The molecule has 2 atom stereocenters. The molecule has 1 saturated carbocycles. The minimum absolute atomic E-state index is 0.160. The van der Waals surface area contributed by atoms with Crippen LogP contribution in [0.4, 0.5) is 0 Å². The second kappa shape index (κ2) is 8.41. The minimum Gasteiger partial charge on any atom is -0.381 e. The van der Waals surface area contributed by atoms with Crippen molar-refractivity contribution < 1.29 is 4.79 Å². The van der Waals surface area contributed by atoms with Crippen molar-refractivity contribution in [3.8, 4) is 11.8 Å². The third-order valence-electron chi connectivity index (χ3n) is 5.40. The molecule has 1 aliphatic carbocycles. The number of aryl methyl sites for hydroxylation is 2. The van der Waals surface area contributed by atoms with E-state index >= 15 is 0 Å². The molecule has 1 aromatic carbocycles. The van der Waals surface area contributed by atoms with Gasteiger partial charge in [-0.1, -0.05) is 24.7 Å². The van der Waals surface area contributed by atoms with Crippen LogP contribution in [0.15, 0.2) is 36.6 Å². The van der Waals surface area contributed by atoms with Gasteiger partial charge in [-0.25, -0.2) is 0 Å². The fourth-order valence-electron chi connectivity index (χ4n) is 4.00. The Kier molecular flexibility index (Phi) is 6.48. The normalized spacial score (nSPS) is 19.7. The highest BCUT2D eigenvalue weighted by atomic mass is 16.1. The molecule has 2 heteroatoms. The minimum atomic E-state index is -0.160. The summed E-state index contributed by atoms with van der Waals surface area (Å²) in [7, 11) is 4.03. The number of nitrogens with zero attached hydrogens (tertiary/aromatic N) is 1. The molecule has 0 spiro atoms. The van der Waals surface area contributed by atoms with Gasteiger partial charge in [0.1, 0.15) is 5.78 Å². The van der Waals surface area contributed by atoms with Crippen molar-refractivity contribution in [1.29, 1.82) is 0 Å². The maximum absolute atomic E-state index is 13.0. The number of rotatable bonds is 5. The number of ketones is 1. The van der Waals surface area contributed by atoms with E-state index in [1.54, 1.807) is 0 Å². The zero-order chi connectivity index (χ0) is 19.4. The molecule has 0 N–H and O–H groups in total. The first-order valence-electron chi connectivity index (χ1n) is 9.34. The second-order valence-corrected chi connectivity index (χ2v) is 7.73. The molecule has 0 aromatic heterocycles. The van der Waals surface area contributed by atoms with Crippen molar-refractivity contribution in [2.24, 2.45) is 5.92 Å².